The minimum absolute atomic E-state index is 0.00396. The second-order valence-corrected chi connectivity index (χ2v) is 11.2. The summed E-state index contributed by atoms with van der Waals surface area (Å²) < 4.78 is 56.9. The first-order valence-electron chi connectivity index (χ1n) is 12.9. The third-order valence-corrected chi connectivity index (χ3v) is 7.38. The van der Waals surface area contributed by atoms with E-state index in [2.05, 4.69) is 26.0 Å². The van der Waals surface area contributed by atoms with Crippen molar-refractivity contribution in [2.75, 3.05) is 5.32 Å². The number of sulfonamides is 1. The fourth-order valence-electron chi connectivity index (χ4n) is 4.23. The van der Waals surface area contributed by atoms with Crippen molar-refractivity contribution in [3.8, 4) is 11.1 Å². The molecule has 4 aromatic rings. The number of carboxylic acid groups (broad SMARTS) is 1. The van der Waals surface area contributed by atoms with E-state index in [1.54, 1.807) is 60.7 Å². The van der Waals surface area contributed by atoms with E-state index in [1.807, 2.05) is 6.07 Å². The molecule has 1 aliphatic rings. The van der Waals surface area contributed by atoms with Crippen LogP contribution in [-0.4, -0.2) is 63.8 Å². The van der Waals surface area contributed by atoms with E-state index in [9.17, 15) is 26.4 Å². The number of aromatic nitrogens is 4. The maximum Gasteiger partial charge on any atom is 0.430 e. The zero-order chi connectivity index (χ0) is 33.7. The van der Waals surface area contributed by atoms with Crippen LogP contribution in [0.4, 0.5) is 18.9 Å². The molecule has 15 nitrogen and oxygen atoms in total. The van der Waals surface area contributed by atoms with Crippen LogP contribution in [-0.2, 0) is 31.0 Å². The van der Waals surface area contributed by atoms with Crippen LogP contribution in [0, 0.1) is 0 Å². The number of benzene rings is 3. The Bertz CT molecular complexity index is 1900. The van der Waals surface area contributed by atoms with Crippen molar-refractivity contribution in [3.05, 3.63) is 90.3 Å². The second kappa shape index (κ2) is 13.1. The molecule has 0 saturated heterocycles. The standard InChI is InChI=1S/C25H23N9O4S.C2HF3O2/c26-23(27)18-5-3-4-17(12-18)21-13-25(38-31-21,14-34-15-29-32-33-34)24(35)30-19-10-8-16(9-11-19)20-6-1-2-7-22(20)39(28,36)37;3-2(4,5)1(6)7/h1-12,15H,13-14H2,(H3,26,27)(H,30,35)(H2,28,36,37);(H,6,7). The number of amides is 1. The normalized spacial score (nSPS) is 16.0. The van der Waals surface area contributed by atoms with E-state index in [4.69, 9.17) is 31.0 Å². The number of oxime groups is 1. The van der Waals surface area contributed by atoms with Crippen LogP contribution < -0.4 is 26.7 Å². The average Bonchev–Trinajstić information content (AvgIpc) is 3.68. The zero-order valence-corrected chi connectivity index (χ0v) is 24.2. The van der Waals surface area contributed by atoms with Gasteiger partial charge in [0.2, 0.25) is 15.6 Å². The molecule has 2 heterocycles. The van der Waals surface area contributed by atoms with Gasteiger partial charge in [0.1, 0.15) is 12.3 Å². The van der Waals surface area contributed by atoms with Gasteiger partial charge in [0.15, 0.2) is 0 Å². The summed E-state index contributed by atoms with van der Waals surface area (Å²) in [7, 11) is -3.92. The highest BCUT2D eigenvalue weighted by Crippen LogP contribution is 2.32. The number of rotatable bonds is 8. The third-order valence-electron chi connectivity index (χ3n) is 6.41. The molecule has 1 aromatic heterocycles. The first-order chi connectivity index (χ1) is 21.6. The lowest BCUT2D eigenvalue weighted by molar-refractivity contribution is -0.344. The average molecular weight is 660 g/mol. The number of anilines is 1. The molecule has 1 atom stereocenters. The molecule has 46 heavy (non-hydrogen) atoms. The van der Waals surface area contributed by atoms with Gasteiger partial charge in [-0.1, -0.05) is 47.6 Å². The van der Waals surface area contributed by atoms with Gasteiger partial charge in [0, 0.05) is 23.2 Å². The van der Waals surface area contributed by atoms with E-state index in [1.165, 1.54) is 17.1 Å². The molecule has 5 rings (SSSR count). The maximum absolute atomic E-state index is 13.6. The number of aliphatic carboxylic acids is 1. The van der Waals surface area contributed by atoms with Gasteiger partial charge in [-0.05, 0) is 46.3 Å². The summed E-state index contributed by atoms with van der Waals surface area (Å²) in [5.74, 6) is -3.33. The molecule has 7 N–H and O–H groups in total. The van der Waals surface area contributed by atoms with E-state index < -0.39 is 33.7 Å². The van der Waals surface area contributed by atoms with Crippen molar-refractivity contribution in [2.24, 2.45) is 16.0 Å². The highest BCUT2D eigenvalue weighted by Gasteiger charge is 2.48. The maximum atomic E-state index is 13.6. The lowest BCUT2D eigenvalue weighted by atomic mass is 9.92. The smallest absolute Gasteiger partial charge is 0.430 e. The van der Waals surface area contributed by atoms with Gasteiger partial charge in [0.25, 0.3) is 11.7 Å². The number of nitrogens with two attached hydrogens (primary N) is 3. The van der Waals surface area contributed by atoms with Crippen molar-refractivity contribution in [1.29, 1.82) is 0 Å². The second-order valence-electron chi connectivity index (χ2n) is 9.70. The van der Waals surface area contributed by atoms with E-state index in [0.717, 1.165) is 0 Å². The Morgan fingerprint density at radius 1 is 1.07 bits per heavy atom. The van der Waals surface area contributed by atoms with Gasteiger partial charge >= 0.3 is 6.18 Å². The van der Waals surface area contributed by atoms with Crippen LogP contribution in [0.5, 0.6) is 0 Å². The number of carboxylic acids is 1. The molecule has 0 aliphatic carbocycles. The molecular weight excluding hydrogens is 635 g/mol. The van der Waals surface area contributed by atoms with Gasteiger partial charge in [0.05, 0.1) is 22.7 Å². The summed E-state index contributed by atoms with van der Waals surface area (Å²) in [6.07, 6.45) is -3.70. The van der Waals surface area contributed by atoms with Crippen molar-refractivity contribution in [1.82, 2.24) is 20.2 Å². The number of hydrogen-bond donors (Lipinski definition) is 4. The number of alkyl halides is 3. The number of carbonyl (C=O) groups excluding carboxylic acids is 2. The summed E-state index contributed by atoms with van der Waals surface area (Å²) in [6.45, 7) is -0.0104. The molecule has 0 radical (unpaired) electrons. The minimum Gasteiger partial charge on any atom is -0.542 e. The van der Waals surface area contributed by atoms with E-state index >= 15 is 0 Å². The Balaban J connectivity index is 0.000000617. The molecule has 240 valence electrons. The van der Waals surface area contributed by atoms with Gasteiger partial charge in [-0.15, -0.1) is 5.10 Å². The number of halogens is 3. The molecule has 19 heteroatoms. The van der Waals surface area contributed by atoms with E-state index in [0.29, 0.717) is 33.7 Å². The lowest BCUT2D eigenvalue weighted by Crippen LogP contribution is -2.47. The van der Waals surface area contributed by atoms with Crippen molar-refractivity contribution in [2.45, 2.75) is 29.6 Å². The predicted molar refractivity (Wildman–Crippen MR) is 152 cm³/mol. The Morgan fingerprint density at radius 3 is 2.33 bits per heavy atom. The van der Waals surface area contributed by atoms with E-state index in [-0.39, 0.29) is 23.7 Å². The fraction of sp³-hybridized carbons (Fsp3) is 0.148. The fourth-order valence-corrected chi connectivity index (χ4v) is 5.00. The molecule has 0 spiro atoms. The first-order valence-corrected chi connectivity index (χ1v) is 14.4. The quantitative estimate of drug-likeness (QED) is 0.132. The van der Waals surface area contributed by atoms with Gasteiger partial charge in [-0.25, -0.2) is 18.2 Å². The largest absolute Gasteiger partial charge is 0.542 e. The summed E-state index contributed by atoms with van der Waals surface area (Å²) in [6, 6.07) is 20.2. The van der Waals surface area contributed by atoms with Crippen molar-refractivity contribution >= 4 is 39.1 Å². The van der Waals surface area contributed by atoms with Crippen LogP contribution in [0.2, 0.25) is 0 Å². The Labute approximate surface area is 258 Å². The number of nitrogens with one attached hydrogen (secondary N) is 1. The molecule has 0 fully saturated rings. The Hall–Kier alpha value is -5.69. The van der Waals surface area contributed by atoms with Crippen molar-refractivity contribution in [3.63, 3.8) is 0 Å². The molecule has 1 unspecified atom stereocenters. The van der Waals surface area contributed by atoms with Gasteiger partial charge < -0.3 is 20.1 Å². The number of hydrogen-bond acceptors (Lipinski definition) is 10. The molecular formula is C27H24F3N9O6S. The topological polar surface area (TPSA) is 246 Å². The number of carbonyl (C=O) groups is 2. The molecule has 1 amide bonds. The minimum atomic E-state index is -5.19. The van der Waals surface area contributed by atoms with Crippen LogP contribution in [0.25, 0.3) is 11.1 Å². The number of primary sulfonamides is 1. The van der Waals surface area contributed by atoms with Gasteiger partial charge in [-0.3, -0.25) is 15.9 Å². The van der Waals surface area contributed by atoms with Crippen LogP contribution in [0.3, 0.4) is 0 Å². The molecule has 1 aliphatic heterocycles. The summed E-state index contributed by atoms with van der Waals surface area (Å²) in [5.41, 5.74) is 7.64. The Morgan fingerprint density at radius 2 is 1.74 bits per heavy atom. The van der Waals surface area contributed by atoms with Crippen LogP contribution in [0.1, 0.15) is 17.5 Å². The first kappa shape index (κ1) is 33.2. The molecule has 0 bridgehead atoms. The highest BCUT2D eigenvalue weighted by atomic mass is 32.2. The Kier molecular flexibility index (Phi) is 9.47. The number of amidine groups is 1. The van der Waals surface area contributed by atoms with Crippen LogP contribution in [0.15, 0.2) is 89.2 Å². The number of nitrogens with zero attached hydrogens (tertiary/aromatic N) is 5. The molecule has 0 saturated carbocycles. The number of tetrazole rings is 1. The zero-order valence-electron chi connectivity index (χ0n) is 23.4. The predicted octanol–water partition coefficient (Wildman–Crippen LogP) is -1.05. The third kappa shape index (κ3) is 7.87. The summed E-state index contributed by atoms with van der Waals surface area (Å²) >= 11 is 0. The lowest BCUT2D eigenvalue weighted by Gasteiger charge is -2.25. The van der Waals surface area contributed by atoms with Crippen LogP contribution >= 0.6 is 0 Å². The summed E-state index contributed by atoms with van der Waals surface area (Å²) in [5, 5.41) is 38.1. The monoisotopic (exact) mass is 659 g/mol. The molecule has 3 aromatic carbocycles. The highest BCUT2D eigenvalue weighted by molar-refractivity contribution is 7.89. The SMILES string of the molecule is NC(=[NH2+])c1cccc(C2=NOC(Cn3cnnn3)(C(=O)Nc3ccc(-c4ccccc4S(N)(=O)=O)cc3)C2)c1.O=C([O-])C(F)(F)F. The van der Waals surface area contributed by atoms with Gasteiger partial charge in [-0.2, -0.15) is 13.2 Å². The van der Waals surface area contributed by atoms with Crippen molar-refractivity contribution < 1.29 is 46.5 Å². The summed E-state index contributed by atoms with van der Waals surface area (Å²) in [4.78, 5) is 28.2.